The van der Waals surface area contributed by atoms with Crippen LogP contribution in [0.4, 0.5) is 0 Å². The van der Waals surface area contributed by atoms with Gasteiger partial charge in [0.2, 0.25) is 0 Å². The third-order valence-electron chi connectivity index (χ3n) is 9.90. The maximum Gasteiger partial charge on any atom is 0.164 e. The molecule has 0 aliphatic heterocycles. The van der Waals surface area contributed by atoms with Crippen molar-refractivity contribution in [2.24, 2.45) is 0 Å². The van der Waals surface area contributed by atoms with E-state index in [1.54, 1.807) is 0 Å². The highest BCUT2D eigenvalue weighted by Gasteiger charge is 2.31. The van der Waals surface area contributed by atoms with Crippen molar-refractivity contribution < 1.29 is 0 Å². The lowest BCUT2D eigenvalue weighted by Gasteiger charge is -2.31. The number of allylic oxidation sites excluding steroid dienone is 2. The second-order valence-electron chi connectivity index (χ2n) is 13.0. The summed E-state index contributed by atoms with van der Waals surface area (Å²) in [5.74, 6) is 1.34. The van der Waals surface area contributed by atoms with Gasteiger partial charge in [-0.2, -0.15) is 0 Å². The van der Waals surface area contributed by atoms with Crippen molar-refractivity contribution >= 4 is 50.4 Å². The summed E-state index contributed by atoms with van der Waals surface area (Å²) in [6.45, 7) is 4.75. The number of rotatable bonds is 4. The van der Waals surface area contributed by atoms with Crippen molar-refractivity contribution in [1.29, 1.82) is 0 Å². The first-order valence-electron chi connectivity index (χ1n) is 16.1. The number of thiophene rings is 1. The van der Waals surface area contributed by atoms with Gasteiger partial charge in [-0.3, -0.25) is 4.57 Å². The van der Waals surface area contributed by atoms with Crippen LogP contribution < -0.4 is 0 Å². The van der Waals surface area contributed by atoms with E-state index in [4.69, 9.17) is 9.97 Å². The second kappa shape index (κ2) is 10.5. The molecule has 3 heterocycles. The number of imidazole rings is 1. The average Bonchev–Trinajstić information content (AvgIpc) is 3.67. The molecule has 3 aromatic heterocycles. The molecule has 0 N–H and O–H groups in total. The van der Waals surface area contributed by atoms with Crippen molar-refractivity contribution in [3.8, 4) is 22.5 Å². The Bertz CT molecular complexity index is 2340. The van der Waals surface area contributed by atoms with Crippen LogP contribution in [0.2, 0.25) is 0 Å². The summed E-state index contributed by atoms with van der Waals surface area (Å²) in [7, 11) is 0. The van der Waals surface area contributed by atoms with Gasteiger partial charge >= 0.3 is 0 Å². The van der Waals surface area contributed by atoms with E-state index in [9.17, 15) is 0 Å². The number of hydrogen-bond donors (Lipinski definition) is 0. The lowest BCUT2D eigenvalue weighted by Crippen LogP contribution is -2.25. The topological polar surface area (TPSA) is 30.7 Å². The lowest BCUT2D eigenvalue weighted by atomic mass is 9.72. The first kappa shape index (κ1) is 27.3. The van der Waals surface area contributed by atoms with Crippen LogP contribution in [0.3, 0.4) is 0 Å². The molecule has 0 spiro atoms. The van der Waals surface area contributed by atoms with Gasteiger partial charge in [0.15, 0.2) is 5.65 Å². The molecule has 3 nitrogen and oxygen atoms in total. The Labute approximate surface area is 273 Å². The van der Waals surface area contributed by atoms with Gasteiger partial charge in [0.1, 0.15) is 11.3 Å². The summed E-state index contributed by atoms with van der Waals surface area (Å²) < 4.78 is 3.65. The molecule has 2 atom stereocenters. The molecular formula is C42H33N3S. The zero-order valence-corrected chi connectivity index (χ0v) is 26.8. The van der Waals surface area contributed by atoms with E-state index in [1.165, 1.54) is 54.0 Å². The van der Waals surface area contributed by atoms with E-state index in [2.05, 4.69) is 140 Å². The first-order chi connectivity index (χ1) is 22.5. The largest absolute Gasteiger partial charge is 0.280 e. The van der Waals surface area contributed by atoms with Crippen LogP contribution in [0.1, 0.15) is 53.3 Å². The summed E-state index contributed by atoms with van der Waals surface area (Å²) in [6.07, 6.45) is 10.9. The molecule has 222 valence electrons. The van der Waals surface area contributed by atoms with E-state index in [-0.39, 0.29) is 5.41 Å². The van der Waals surface area contributed by atoms with E-state index < -0.39 is 0 Å². The number of benzene rings is 4. The molecule has 2 aliphatic rings. The Kier molecular flexibility index (Phi) is 6.22. The van der Waals surface area contributed by atoms with E-state index >= 15 is 0 Å². The Balaban J connectivity index is 1.10. The Morgan fingerprint density at radius 3 is 2.46 bits per heavy atom. The predicted molar refractivity (Wildman–Crippen MR) is 194 cm³/mol. The number of fused-ring (bicyclic) bond motifs is 5. The Morgan fingerprint density at radius 2 is 1.63 bits per heavy atom. The summed E-state index contributed by atoms with van der Waals surface area (Å²) in [5, 5.41) is 1.39. The predicted octanol–water partition coefficient (Wildman–Crippen LogP) is 11.0. The normalized spacial score (nSPS) is 18.8. The molecular weight excluding hydrogens is 579 g/mol. The molecule has 2 unspecified atom stereocenters. The summed E-state index contributed by atoms with van der Waals surface area (Å²) >= 11 is 1.92. The van der Waals surface area contributed by atoms with Crippen molar-refractivity contribution in [3.05, 3.63) is 149 Å². The standard InChI is InChI=1S/C42H33N3S/c1-27-22-34(45-40(29-12-7-4-8-13-29)44-36-14-9-21-43-41(36)45)25-38-39(27)35-18-17-33(24-37(35)46-38)42(2)20-19-31-23-30(15-16-32(31)26-42)28-10-5-3-6-11-28/h3-21,23-25,27H,22,26H2,1-2H3. The maximum absolute atomic E-state index is 5.05. The molecule has 0 fully saturated rings. The highest BCUT2D eigenvalue weighted by atomic mass is 32.1. The van der Waals surface area contributed by atoms with Crippen LogP contribution in [-0.4, -0.2) is 14.5 Å². The minimum absolute atomic E-state index is 0.0570. The van der Waals surface area contributed by atoms with Crippen molar-refractivity contribution in [3.63, 3.8) is 0 Å². The molecule has 0 saturated carbocycles. The molecule has 4 aromatic carbocycles. The van der Waals surface area contributed by atoms with Gasteiger partial charge in [0, 0.05) is 32.4 Å². The molecule has 0 amide bonds. The SMILES string of the molecule is CC1CC(n2c(-c3ccccc3)nc3cccnc32)=Cc2sc3cc(C4(C)C=Cc5cc(-c6ccccc6)ccc5C4)ccc3c21. The highest BCUT2D eigenvalue weighted by Crippen LogP contribution is 2.47. The van der Waals surface area contributed by atoms with Crippen LogP contribution in [-0.2, 0) is 11.8 Å². The number of hydrogen-bond acceptors (Lipinski definition) is 3. The molecule has 46 heavy (non-hydrogen) atoms. The van der Waals surface area contributed by atoms with Gasteiger partial charge in [-0.25, -0.2) is 9.97 Å². The minimum Gasteiger partial charge on any atom is -0.280 e. The van der Waals surface area contributed by atoms with Crippen LogP contribution in [0.5, 0.6) is 0 Å². The third kappa shape index (κ3) is 4.39. The average molecular weight is 612 g/mol. The number of pyridine rings is 1. The van der Waals surface area contributed by atoms with Crippen LogP contribution in [0.15, 0.2) is 121 Å². The maximum atomic E-state index is 5.05. The number of aromatic nitrogens is 3. The summed E-state index contributed by atoms with van der Waals surface area (Å²) in [4.78, 5) is 11.2. The first-order valence-corrected chi connectivity index (χ1v) is 16.9. The Morgan fingerprint density at radius 1 is 0.826 bits per heavy atom. The van der Waals surface area contributed by atoms with Gasteiger partial charge in [-0.15, -0.1) is 11.3 Å². The zero-order valence-electron chi connectivity index (χ0n) is 25.9. The summed E-state index contributed by atoms with van der Waals surface area (Å²) in [5.41, 5.74) is 12.3. The molecule has 0 saturated heterocycles. The number of nitrogens with zero attached hydrogens (tertiary/aromatic N) is 3. The quantitative estimate of drug-likeness (QED) is 0.198. The van der Waals surface area contributed by atoms with Crippen molar-refractivity contribution in [2.75, 3.05) is 0 Å². The van der Waals surface area contributed by atoms with Gasteiger partial charge in [0.25, 0.3) is 0 Å². The summed E-state index contributed by atoms with van der Waals surface area (Å²) in [6, 6.07) is 39.3. The highest BCUT2D eigenvalue weighted by molar-refractivity contribution is 7.20. The van der Waals surface area contributed by atoms with Gasteiger partial charge in [-0.05, 0) is 87.9 Å². The fourth-order valence-electron chi connectivity index (χ4n) is 7.50. The van der Waals surface area contributed by atoms with Crippen LogP contribution in [0.25, 0.3) is 61.6 Å². The van der Waals surface area contributed by atoms with E-state index in [1.807, 2.05) is 23.6 Å². The monoisotopic (exact) mass is 611 g/mol. The lowest BCUT2D eigenvalue weighted by molar-refractivity contribution is 0.588. The Hall–Kier alpha value is -5.06. The second-order valence-corrected chi connectivity index (χ2v) is 14.1. The van der Waals surface area contributed by atoms with Crippen molar-refractivity contribution in [1.82, 2.24) is 14.5 Å². The van der Waals surface area contributed by atoms with Crippen LogP contribution >= 0.6 is 11.3 Å². The molecule has 4 heteroatoms. The van der Waals surface area contributed by atoms with E-state index in [0.29, 0.717) is 5.92 Å². The molecule has 0 radical (unpaired) electrons. The third-order valence-corrected chi connectivity index (χ3v) is 11.0. The molecule has 2 aliphatic carbocycles. The van der Waals surface area contributed by atoms with Gasteiger partial charge < -0.3 is 0 Å². The molecule has 9 rings (SSSR count). The van der Waals surface area contributed by atoms with E-state index in [0.717, 1.165) is 35.4 Å². The molecule has 7 aromatic rings. The smallest absolute Gasteiger partial charge is 0.164 e. The minimum atomic E-state index is -0.0570. The van der Waals surface area contributed by atoms with Crippen LogP contribution in [0, 0.1) is 0 Å². The van der Waals surface area contributed by atoms with Gasteiger partial charge in [-0.1, -0.05) is 111 Å². The fraction of sp³-hybridized carbons (Fsp3) is 0.143. The molecule has 0 bridgehead atoms. The van der Waals surface area contributed by atoms with Crippen molar-refractivity contribution in [2.45, 2.75) is 38.0 Å². The zero-order chi connectivity index (χ0) is 30.8. The van der Waals surface area contributed by atoms with Gasteiger partial charge in [0.05, 0.1) is 0 Å². The fourth-order valence-corrected chi connectivity index (χ4v) is 8.83.